The van der Waals surface area contributed by atoms with Crippen LogP contribution in [-0.2, 0) is 13.1 Å². The fourth-order valence-corrected chi connectivity index (χ4v) is 6.85. The summed E-state index contributed by atoms with van der Waals surface area (Å²) in [4.78, 5) is 0. The minimum atomic E-state index is 1.20. The summed E-state index contributed by atoms with van der Waals surface area (Å²) in [5.74, 6) is 1.46. The predicted octanol–water partition coefficient (Wildman–Crippen LogP) is 14.0. The van der Waals surface area contributed by atoms with Gasteiger partial charge in [-0.2, -0.15) is 0 Å². The van der Waals surface area contributed by atoms with Crippen molar-refractivity contribution in [3.05, 3.63) is 18.2 Å². The number of rotatable bonds is 35. The molecule has 0 spiro atoms. The van der Waals surface area contributed by atoms with Crippen molar-refractivity contribution in [2.45, 2.75) is 246 Å². The van der Waals surface area contributed by atoms with Crippen molar-refractivity contribution in [1.29, 1.82) is 0 Å². The smallest absolute Gasteiger partial charge is 0.234 e. The van der Waals surface area contributed by atoms with Crippen LogP contribution in [0.5, 0.6) is 0 Å². The first kappa shape index (κ1) is 40.2. The molecule has 2 heteroatoms. The van der Waals surface area contributed by atoms with Crippen molar-refractivity contribution in [2.75, 3.05) is 0 Å². The van der Waals surface area contributed by atoms with Crippen LogP contribution in [-0.4, -0.2) is 4.57 Å². The van der Waals surface area contributed by atoms with E-state index in [0.29, 0.717) is 0 Å². The summed E-state index contributed by atoms with van der Waals surface area (Å²) >= 11 is 0. The number of hydrogen-bond acceptors (Lipinski definition) is 0. The quantitative estimate of drug-likeness (QED) is 0.0540. The molecule has 0 saturated carbocycles. The van der Waals surface area contributed by atoms with Crippen LogP contribution in [0.2, 0.25) is 0 Å². The summed E-state index contributed by atoms with van der Waals surface area (Å²) in [5.41, 5.74) is 0. The molecule has 0 aliphatic rings. The molecule has 1 aromatic rings. The van der Waals surface area contributed by atoms with E-state index < -0.39 is 0 Å². The third-order valence-electron chi connectivity index (χ3n) is 10.0. The molecule has 0 aliphatic carbocycles. The van der Waals surface area contributed by atoms with Crippen molar-refractivity contribution in [1.82, 2.24) is 4.57 Å². The van der Waals surface area contributed by atoms with Crippen LogP contribution in [0.25, 0.3) is 0 Å². The second-order valence-electron chi connectivity index (χ2n) is 14.2. The molecule has 0 saturated heterocycles. The van der Waals surface area contributed by atoms with Gasteiger partial charge in [0.25, 0.3) is 5.82 Å². The highest BCUT2D eigenvalue weighted by Crippen LogP contribution is 2.16. The highest BCUT2D eigenvalue weighted by molar-refractivity contribution is 4.79. The summed E-state index contributed by atoms with van der Waals surface area (Å²) in [6.45, 7) is 9.34. The van der Waals surface area contributed by atoms with Crippen LogP contribution in [0.1, 0.15) is 232 Å². The van der Waals surface area contributed by atoms with E-state index in [4.69, 9.17) is 0 Å². The van der Waals surface area contributed by atoms with E-state index in [9.17, 15) is 0 Å². The van der Waals surface area contributed by atoms with E-state index >= 15 is 0 Å². The largest absolute Gasteiger partial charge is 0.253 e. The first-order chi connectivity index (χ1) is 21.3. The average molecular weight is 602 g/mol. The zero-order chi connectivity index (χ0) is 30.9. The van der Waals surface area contributed by atoms with E-state index in [2.05, 4.69) is 42.3 Å². The first-order valence-electron chi connectivity index (χ1n) is 20.3. The maximum absolute atomic E-state index is 2.50. The molecule has 0 amide bonds. The summed E-state index contributed by atoms with van der Waals surface area (Å²) in [5, 5.41) is 0. The van der Waals surface area contributed by atoms with Crippen LogP contribution < -0.4 is 4.57 Å². The van der Waals surface area contributed by atoms with Gasteiger partial charge >= 0.3 is 0 Å². The number of nitrogens with zero attached hydrogens (tertiary/aromatic N) is 2. The molecule has 0 aromatic carbocycles. The van der Waals surface area contributed by atoms with Crippen LogP contribution >= 0.6 is 0 Å². The van der Waals surface area contributed by atoms with Gasteiger partial charge in [0.05, 0.1) is 13.1 Å². The number of aromatic nitrogens is 2. The molecule has 1 rings (SSSR count). The van der Waals surface area contributed by atoms with E-state index in [0.717, 1.165) is 0 Å². The van der Waals surface area contributed by atoms with E-state index in [1.54, 1.807) is 0 Å². The molecule has 0 aliphatic heterocycles. The molecule has 43 heavy (non-hydrogen) atoms. The fraction of sp³-hybridized carbons (Fsp3) is 0.927. The van der Waals surface area contributed by atoms with Crippen molar-refractivity contribution in [3.63, 3.8) is 0 Å². The Balaban J connectivity index is 1.84. The lowest BCUT2D eigenvalue weighted by atomic mass is 10.0. The van der Waals surface area contributed by atoms with Gasteiger partial charge in [-0.15, -0.1) is 0 Å². The van der Waals surface area contributed by atoms with Crippen molar-refractivity contribution in [2.24, 2.45) is 0 Å². The second-order valence-corrected chi connectivity index (χ2v) is 14.2. The Kier molecular flexibility index (Phi) is 30.5. The Hall–Kier alpha value is -0.790. The van der Waals surface area contributed by atoms with Crippen LogP contribution in [0.3, 0.4) is 0 Å². The third kappa shape index (κ3) is 26.2. The van der Waals surface area contributed by atoms with Crippen LogP contribution in [0.15, 0.2) is 12.4 Å². The Bertz CT molecular complexity index is 663. The van der Waals surface area contributed by atoms with Crippen molar-refractivity contribution < 1.29 is 4.57 Å². The molecule has 1 aromatic heterocycles. The van der Waals surface area contributed by atoms with Gasteiger partial charge in [0.15, 0.2) is 0 Å². The zero-order valence-corrected chi connectivity index (χ0v) is 30.3. The van der Waals surface area contributed by atoms with E-state index in [-0.39, 0.29) is 0 Å². The molecule has 0 fully saturated rings. The first-order valence-corrected chi connectivity index (χ1v) is 20.3. The number of aryl methyl sites for hydroxylation is 2. The molecule has 254 valence electrons. The minimum absolute atomic E-state index is 1.20. The SMILES string of the molecule is CCCCCCCCCCCCCCCCCCC[n+]1ccn(CCCCCCCCCCCCCCCCCC)c1C. The molecular weight excluding hydrogens is 520 g/mol. The van der Waals surface area contributed by atoms with Gasteiger partial charge in [-0.25, -0.2) is 9.13 Å². The number of hydrogen-bond donors (Lipinski definition) is 0. The molecule has 1 heterocycles. The van der Waals surface area contributed by atoms with E-state index in [1.165, 1.54) is 231 Å². The summed E-state index contributed by atoms with van der Waals surface area (Å²) in [7, 11) is 0. The maximum Gasteiger partial charge on any atom is 0.253 e. The standard InChI is InChI=1S/C41H81N2/c1-4-6-8-10-12-14-16-18-20-22-24-26-28-30-32-34-36-38-43-40-39-42(41(43)3)37-35-33-31-29-27-25-23-21-19-17-15-13-11-9-7-5-2/h39-40H,4-38H2,1-3H3/q+1. The molecule has 0 atom stereocenters. The molecule has 2 nitrogen and oxygen atoms in total. The van der Waals surface area contributed by atoms with Gasteiger partial charge in [-0.1, -0.05) is 200 Å². The third-order valence-corrected chi connectivity index (χ3v) is 10.0. The summed E-state index contributed by atoms with van der Waals surface area (Å²) in [6, 6.07) is 0. The molecular formula is C41H81N2+. The fourth-order valence-electron chi connectivity index (χ4n) is 6.85. The normalized spacial score (nSPS) is 11.6. The monoisotopic (exact) mass is 602 g/mol. The van der Waals surface area contributed by atoms with E-state index in [1.807, 2.05) is 0 Å². The molecule has 0 unspecified atom stereocenters. The van der Waals surface area contributed by atoms with Gasteiger partial charge in [0, 0.05) is 6.92 Å². The lowest BCUT2D eigenvalue weighted by molar-refractivity contribution is -0.702. The second kappa shape index (κ2) is 32.6. The Morgan fingerprint density at radius 1 is 0.395 bits per heavy atom. The van der Waals surface area contributed by atoms with Gasteiger partial charge in [0.1, 0.15) is 12.4 Å². The van der Waals surface area contributed by atoms with Gasteiger partial charge in [-0.05, 0) is 25.7 Å². The summed E-state index contributed by atoms with van der Waals surface area (Å²) < 4.78 is 5.00. The molecule has 0 N–H and O–H groups in total. The van der Waals surface area contributed by atoms with Crippen LogP contribution in [0.4, 0.5) is 0 Å². The lowest BCUT2D eigenvalue weighted by Crippen LogP contribution is -2.35. The zero-order valence-electron chi connectivity index (χ0n) is 30.3. The highest BCUT2D eigenvalue weighted by atomic mass is 15.1. The van der Waals surface area contributed by atoms with Gasteiger partial charge in [0.2, 0.25) is 0 Å². The number of unbranched alkanes of at least 4 members (excludes halogenated alkanes) is 31. The Morgan fingerprint density at radius 2 is 0.674 bits per heavy atom. The summed E-state index contributed by atoms with van der Waals surface area (Å²) in [6.07, 6.45) is 52.4. The number of imidazole rings is 1. The Labute approximate surface area is 272 Å². The molecule has 0 radical (unpaired) electrons. The predicted molar refractivity (Wildman–Crippen MR) is 193 cm³/mol. The molecule has 0 bridgehead atoms. The van der Waals surface area contributed by atoms with Gasteiger partial charge < -0.3 is 0 Å². The average Bonchev–Trinajstić information content (AvgIpc) is 3.37. The van der Waals surface area contributed by atoms with Gasteiger partial charge in [-0.3, -0.25) is 0 Å². The Morgan fingerprint density at radius 3 is 1.00 bits per heavy atom. The van der Waals surface area contributed by atoms with Crippen LogP contribution in [0, 0.1) is 6.92 Å². The topological polar surface area (TPSA) is 8.81 Å². The lowest BCUT2D eigenvalue weighted by Gasteiger charge is -2.04. The van der Waals surface area contributed by atoms with Crippen molar-refractivity contribution >= 4 is 0 Å². The minimum Gasteiger partial charge on any atom is -0.234 e. The van der Waals surface area contributed by atoms with Crippen molar-refractivity contribution in [3.8, 4) is 0 Å². The maximum atomic E-state index is 2.50. The highest BCUT2D eigenvalue weighted by Gasteiger charge is 2.11.